The number of rotatable bonds is 2. The quantitative estimate of drug-likeness (QED) is 0.482. The number of nitrogens with one attached hydrogen (secondary N) is 1. The zero-order valence-electron chi connectivity index (χ0n) is 8.05. The fraction of sp³-hybridized carbons (Fsp3) is 0. The van der Waals surface area contributed by atoms with E-state index in [2.05, 4.69) is 4.98 Å². The predicted octanol–water partition coefficient (Wildman–Crippen LogP) is 1.46. The molecule has 0 spiro atoms. The zero-order chi connectivity index (χ0) is 12.8. The topological polar surface area (TPSA) is 113 Å². The van der Waals surface area contributed by atoms with Crippen LogP contribution in [0.4, 0.5) is 10.1 Å². The molecule has 9 heteroatoms. The molecule has 0 fully saturated rings. The Morgan fingerprint density at radius 2 is 2.06 bits per heavy atom. The zero-order valence-corrected chi connectivity index (χ0v) is 8.86. The molecule has 1 aromatic carbocycles. The van der Waals surface area contributed by atoms with Crippen LogP contribution in [-0.4, -0.2) is 22.9 Å². The summed E-state index contributed by atoms with van der Waals surface area (Å²) in [5.74, 6) is -0.973. The molecule has 2 N–H and O–H groups in total. The highest BCUT2D eigenvalue weighted by atomic mass is 32.2. The van der Waals surface area contributed by atoms with E-state index in [1.807, 2.05) is 0 Å². The van der Waals surface area contributed by atoms with Gasteiger partial charge in [-0.15, -0.1) is 0 Å². The second-order valence-electron chi connectivity index (χ2n) is 3.20. The number of nitro groups is 1. The number of halogens is 1. The SMILES string of the molecule is O=[N+]([O-])c1ccc(F)c2c(S(=O)(=O)O)c[nH]c12. The molecule has 2 rings (SSSR count). The fourth-order valence-electron chi connectivity index (χ4n) is 1.52. The molecule has 17 heavy (non-hydrogen) atoms. The molecule has 90 valence electrons. The standard InChI is InChI=1S/C8H5FN2O5S/c9-4-1-2-5(11(12)13)8-7(4)6(3-10-8)17(14,15)16/h1-3,10H,(H,14,15,16). The highest BCUT2D eigenvalue weighted by Crippen LogP contribution is 2.31. The van der Waals surface area contributed by atoms with E-state index in [-0.39, 0.29) is 5.52 Å². The number of hydrogen-bond donors (Lipinski definition) is 2. The maximum absolute atomic E-state index is 13.4. The molecule has 0 aliphatic heterocycles. The number of aromatic amines is 1. The van der Waals surface area contributed by atoms with E-state index in [9.17, 15) is 22.9 Å². The summed E-state index contributed by atoms with van der Waals surface area (Å²) in [6.07, 6.45) is 0.802. The highest BCUT2D eigenvalue weighted by Gasteiger charge is 2.24. The summed E-state index contributed by atoms with van der Waals surface area (Å²) in [5.41, 5.74) is -0.765. The number of non-ortho nitro benzene ring substituents is 1. The lowest BCUT2D eigenvalue weighted by atomic mass is 10.2. The molecule has 2 aromatic rings. The van der Waals surface area contributed by atoms with Crippen molar-refractivity contribution in [3.63, 3.8) is 0 Å². The van der Waals surface area contributed by atoms with Gasteiger partial charge in [-0.1, -0.05) is 0 Å². The summed E-state index contributed by atoms with van der Waals surface area (Å²) in [5, 5.41) is 10.1. The molecule has 0 radical (unpaired) electrons. The van der Waals surface area contributed by atoms with E-state index in [0.29, 0.717) is 0 Å². The van der Waals surface area contributed by atoms with Gasteiger partial charge in [-0.2, -0.15) is 8.42 Å². The smallest absolute Gasteiger partial charge is 0.296 e. The molecule has 7 nitrogen and oxygen atoms in total. The van der Waals surface area contributed by atoms with Crippen molar-refractivity contribution < 1.29 is 22.3 Å². The summed E-state index contributed by atoms with van der Waals surface area (Å²) in [7, 11) is -4.64. The van der Waals surface area contributed by atoms with Crippen LogP contribution in [0.1, 0.15) is 0 Å². The Hall–Kier alpha value is -2.00. The van der Waals surface area contributed by atoms with Crippen LogP contribution in [0.25, 0.3) is 10.9 Å². The molecule has 0 aliphatic rings. The van der Waals surface area contributed by atoms with Crippen molar-refractivity contribution in [2.45, 2.75) is 4.90 Å². The summed E-state index contributed by atoms with van der Waals surface area (Å²) >= 11 is 0. The second-order valence-corrected chi connectivity index (χ2v) is 4.59. The molecule has 0 atom stereocenters. The molecule has 1 aromatic heterocycles. The Kier molecular flexibility index (Phi) is 2.36. The van der Waals surface area contributed by atoms with E-state index in [1.54, 1.807) is 0 Å². The summed E-state index contributed by atoms with van der Waals surface area (Å²) in [4.78, 5) is 11.4. The Morgan fingerprint density at radius 1 is 1.41 bits per heavy atom. The number of nitrogens with zero attached hydrogens (tertiary/aromatic N) is 1. The van der Waals surface area contributed by atoms with Crippen molar-refractivity contribution in [2.24, 2.45) is 0 Å². The van der Waals surface area contributed by atoms with Gasteiger partial charge in [0.05, 0.1) is 10.3 Å². The van der Waals surface area contributed by atoms with Crippen LogP contribution in [-0.2, 0) is 10.1 Å². The molecule has 0 saturated carbocycles. The Bertz CT molecular complexity index is 721. The number of fused-ring (bicyclic) bond motifs is 1. The van der Waals surface area contributed by atoms with Gasteiger partial charge in [0.25, 0.3) is 15.8 Å². The number of nitro benzene ring substituents is 1. The highest BCUT2D eigenvalue weighted by molar-refractivity contribution is 7.86. The largest absolute Gasteiger partial charge is 0.354 e. The predicted molar refractivity (Wildman–Crippen MR) is 54.7 cm³/mol. The molecule has 1 heterocycles. The minimum Gasteiger partial charge on any atom is -0.354 e. The van der Waals surface area contributed by atoms with Gasteiger partial charge in [-0.05, 0) is 6.07 Å². The van der Waals surface area contributed by atoms with Crippen molar-refractivity contribution in [3.05, 3.63) is 34.3 Å². The van der Waals surface area contributed by atoms with Crippen molar-refractivity contribution in [1.29, 1.82) is 0 Å². The molecule has 0 aliphatic carbocycles. The Balaban J connectivity index is 2.96. The van der Waals surface area contributed by atoms with Crippen molar-refractivity contribution in [2.75, 3.05) is 0 Å². The van der Waals surface area contributed by atoms with Crippen LogP contribution in [0, 0.1) is 15.9 Å². The third kappa shape index (κ3) is 1.74. The van der Waals surface area contributed by atoms with Gasteiger partial charge >= 0.3 is 0 Å². The van der Waals surface area contributed by atoms with Gasteiger partial charge in [0.2, 0.25) is 0 Å². The van der Waals surface area contributed by atoms with Gasteiger partial charge in [0, 0.05) is 12.3 Å². The van der Waals surface area contributed by atoms with Gasteiger partial charge in [-0.3, -0.25) is 14.7 Å². The molecular weight excluding hydrogens is 255 g/mol. The Labute approximate surface area is 93.8 Å². The first-order valence-electron chi connectivity index (χ1n) is 4.24. The molecule has 0 saturated heterocycles. The van der Waals surface area contributed by atoms with E-state index in [0.717, 1.165) is 18.3 Å². The van der Waals surface area contributed by atoms with Crippen LogP contribution in [0.5, 0.6) is 0 Å². The lowest BCUT2D eigenvalue weighted by Gasteiger charge is -1.97. The van der Waals surface area contributed by atoms with Crippen LogP contribution >= 0.6 is 0 Å². The van der Waals surface area contributed by atoms with Crippen LogP contribution in [0.2, 0.25) is 0 Å². The Morgan fingerprint density at radius 3 is 2.59 bits per heavy atom. The monoisotopic (exact) mass is 260 g/mol. The van der Waals surface area contributed by atoms with Crippen LogP contribution < -0.4 is 0 Å². The van der Waals surface area contributed by atoms with E-state index >= 15 is 0 Å². The first-order chi connectivity index (χ1) is 7.82. The second kappa shape index (κ2) is 3.50. The van der Waals surface area contributed by atoms with Gasteiger partial charge in [-0.25, -0.2) is 4.39 Å². The van der Waals surface area contributed by atoms with Crippen molar-refractivity contribution >= 4 is 26.7 Å². The summed E-state index contributed by atoms with van der Waals surface area (Å²) < 4.78 is 44.2. The summed E-state index contributed by atoms with van der Waals surface area (Å²) in [6.45, 7) is 0. The number of hydrogen-bond acceptors (Lipinski definition) is 4. The lowest BCUT2D eigenvalue weighted by Crippen LogP contribution is -1.98. The average Bonchev–Trinajstić information content (AvgIpc) is 2.61. The van der Waals surface area contributed by atoms with E-state index in [4.69, 9.17) is 4.55 Å². The minimum absolute atomic E-state index is 0.289. The average molecular weight is 260 g/mol. The first-order valence-corrected chi connectivity index (χ1v) is 5.68. The van der Waals surface area contributed by atoms with Crippen LogP contribution in [0.3, 0.4) is 0 Å². The number of benzene rings is 1. The normalized spacial score (nSPS) is 11.9. The van der Waals surface area contributed by atoms with E-state index < -0.39 is 36.8 Å². The molecule has 0 bridgehead atoms. The molecule has 0 unspecified atom stereocenters. The van der Waals surface area contributed by atoms with Crippen molar-refractivity contribution in [1.82, 2.24) is 4.98 Å². The van der Waals surface area contributed by atoms with Crippen molar-refractivity contribution in [3.8, 4) is 0 Å². The maximum Gasteiger partial charge on any atom is 0.296 e. The van der Waals surface area contributed by atoms with Gasteiger partial charge in [0.1, 0.15) is 16.2 Å². The maximum atomic E-state index is 13.4. The summed E-state index contributed by atoms with van der Waals surface area (Å²) in [6, 6.07) is 1.67. The van der Waals surface area contributed by atoms with Crippen LogP contribution in [0.15, 0.2) is 23.2 Å². The lowest BCUT2D eigenvalue weighted by molar-refractivity contribution is -0.383. The first kappa shape index (κ1) is 11.5. The molecular formula is C8H5FN2O5S. The number of aromatic nitrogens is 1. The van der Waals surface area contributed by atoms with Gasteiger partial charge in [0.15, 0.2) is 0 Å². The third-order valence-corrected chi connectivity index (χ3v) is 3.08. The fourth-order valence-corrected chi connectivity index (χ4v) is 2.18. The van der Waals surface area contributed by atoms with E-state index in [1.165, 1.54) is 0 Å². The number of H-pyrrole nitrogens is 1. The minimum atomic E-state index is -4.64. The molecule has 0 amide bonds. The third-order valence-electron chi connectivity index (χ3n) is 2.20. The van der Waals surface area contributed by atoms with Gasteiger partial charge < -0.3 is 4.98 Å².